The van der Waals surface area contributed by atoms with Gasteiger partial charge < -0.3 is 5.32 Å². The Bertz CT molecular complexity index is 624. The van der Waals surface area contributed by atoms with Crippen LogP contribution in [0.5, 0.6) is 0 Å². The fourth-order valence-electron chi connectivity index (χ4n) is 1.53. The maximum atomic E-state index is 13.6. The highest BCUT2D eigenvalue weighted by Gasteiger charge is 2.10. The van der Waals surface area contributed by atoms with Gasteiger partial charge >= 0.3 is 0 Å². The van der Waals surface area contributed by atoms with Gasteiger partial charge in [-0.3, -0.25) is 10.1 Å². The molecule has 2 rings (SSSR count). The summed E-state index contributed by atoms with van der Waals surface area (Å²) < 4.78 is 15.1. The van der Waals surface area contributed by atoms with Gasteiger partial charge in [0.1, 0.15) is 0 Å². The molecule has 1 aromatic heterocycles. The van der Waals surface area contributed by atoms with Crippen molar-refractivity contribution in [2.45, 2.75) is 6.54 Å². The molecule has 0 fully saturated rings. The summed E-state index contributed by atoms with van der Waals surface area (Å²) in [5.41, 5.74) is 0.775. The van der Waals surface area contributed by atoms with E-state index in [9.17, 15) is 14.5 Å². The van der Waals surface area contributed by atoms with Crippen molar-refractivity contribution in [2.75, 3.05) is 5.32 Å². The number of halogens is 1. The number of anilines is 1. The summed E-state index contributed by atoms with van der Waals surface area (Å²) in [6.07, 6.45) is 4.90. The zero-order chi connectivity index (χ0) is 13.8. The fraction of sp³-hybridized carbons (Fsp3) is 0.0833. The van der Waals surface area contributed by atoms with Crippen LogP contribution in [0.15, 0.2) is 37.2 Å². The van der Waals surface area contributed by atoms with Crippen molar-refractivity contribution in [3.63, 3.8) is 0 Å². The van der Waals surface area contributed by atoms with Crippen molar-refractivity contribution in [1.82, 2.24) is 9.78 Å². The van der Waals surface area contributed by atoms with Gasteiger partial charge in [-0.2, -0.15) is 5.10 Å². The number of hydrogen-bond acceptors (Lipinski definition) is 4. The Hall–Kier alpha value is -2.70. The minimum Gasteiger partial charge on any atom is -0.378 e. The first-order chi connectivity index (χ1) is 9.10. The van der Waals surface area contributed by atoms with Crippen LogP contribution in [0.3, 0.4) is 0 Å². The molecule has 98 valence electrons. The Morgan fingerprint density at radius 3 is 2.95 bits per heavy atom. The summed E-state index contributed by atoms with van der Waals surface area (Å²) in [6, 6.07) is 3.47. The normalized spacial score (nSPS) is 10.2. The molecular formula is C12H11FN4O2. The molecule has 0 aliphatic rings. The maximum absolute atomic E-state index is 13.6. The van der Waals surface area contributed by atoms with Crippen LogP contribution in [0.2, 0.25) is 0 Å². The standard InChI is InChI=1S/C12H11FN4O2/c1-2-16-8-9(7-15-16)6-14-12-4-3-10(17(18)19)5-11(12)13/h2-5,7-8,14H,1,6H2. The highest BCUT2D eigenvalue weighted by molar-refractivity contribution is 5.50. The first kappa shape index (κ1) is 12.7. The Morgan fingerprint density at radius 1 is 1.58 bits per heavy atom. The summed E-state index contributed by atoms with van der Waals surface area (Å²) in [4.78, 5) is 9.84. The number of aromatic nitrogens is 2. The summed E-state index contributed by atoms with van der Waals surface area (Å²) in [6.45, 7) is 3.92. The van der Waals surface area contributed by atoms with Crippen molar-refractivity contribution in [1.29, 1.82) is 0 Å². The molecule has 0 spiro atoms. The van der Waals surface area contributed by atoms with Gasteiger partial charge in [-0.05, 0) is 6.07 Å². The third-order valence-electron chi connectivity index (χ3n) is 2.49. The minimum atomic E-state index is -0.662. The number of nitro groups is 1. The summed E-state index contributed by atoms with van der Waals surface area (Å²) in [5, 5.41) is 17.3. The molecular weight excluding hydrogens is 251 g/mol. The van der Waals surface area contributed by atoms with E-state index in [0.717, 1.165) is 11.6 Å². The Kier molecular flexibility index (Phi) is 3.56. The number of benzene rings is 1. The molecule has 1 aromatic carbocycles. The lowest BCUT2D eigenvalue weighted by Gasteiger charge is -2.05. The van der Waals surface area contributed by atoms with Crippen LogP contribution in [0.25, 0.3) is 6.20 Å². The number of non-ortho nitro benzene ring substituents is 1. The van der Waals surface area contributed by atoms with Gasteiger partial charge in [0, 0.05) is 30.6 Å². The van der Waals surface area contributed by atoms with Crippen molar-refractivity contribution >= 4 is 17.6 Å². The number of hydrogen-bond donors (Lipinski definition) is 1. The van der Waals surface area contributed by atoms with Crippen LogP contribution >= 0.6 is 0 Å². The largest absolute Gasteiger partial charge is 0.378 e. The zero-order valence-corrected chi connectivity index (χ0v) is 9.91. The van der Waals surface area contributed by atoms with E-state index in [2.05, 4.69) is 17.0 Å². The second-order valence-corrected chi connectivity index (χ2v) is 3.79. The first-order valence-corrected chi connectivity index (χ1v) is 5.43. The van der Waals surface area contributed by atoms with Crippen molar-refractivity contribution < 1.29 is 9.31 Å². The van der Waals surface area contributed by atoms with Crippen molar-refractivity contribution in [3.8, 4) is 0 Å². The number of rotatable bonds is 5. The molecule has 6 nitrogen and oxygen atoms in total. The average molecular weight is 262 g/mol. The highest BCUT2D eigenvalue weighted by Crippen LogP contribution is 2.20. The van der Waals surface area contributed by atoms with E-state index in [1.165, 1.54) is 23.0 Å². The lowest BCUT2D eigenvalue weighted by atomic mass is 10.2. The summed E-state index contributed by atoms with van der Waals surface area (Å²) in [5.74, 6) is -0.662. The van der Waals surface area contributed by atoms with Crippen LogP contribution in [-0.2, 0) is 6.54 Å². The zero-order valence-electron chi connectivity index (χ0n) is 9.91. The number of nitrogens with one attached hydrogen (secondary N) is 1. The average Bonchev–Trinajstić information content (AvgIpc) is 2.85. The molecule has 0 radical (unpaired) electrons. The molecule has 0 saturated heterocycles. The monoisotopic (exact) mass is 262 g/mol. The van der Waals surface area contributed by atoms with Crippen LogP contribution < -0.4 is 5.32 Å². The quantitative estimate of drug-likeness (QED) is 0.664. The van der Waals surface area contributed by atoms with E-state index in [-0.39, 0.29) is 11.4 Å². The molecule has 0 unspecified atom stereocenters. The third kappa shape index (κ3) is 2.95. The third-order valence-corrected chi connectivity index (χ3v) is 2.49. The molecule has 1 N–H and O–H groups in total. The van der Waals surface area contributed by atoms with E-state index < -0.39 is 10.7 Å². The van der Waals surface area contributed by atoms with E-state index >= 15 is 0 Å². The molecule has 19 heavy (non-hydrogen) atoms. The fourth-order valence-corrected chi connectivity index (χ4v) is 1.53. The maximum Gasteiger partial charge on any atom is 0.272 e. The molecule has 0 saturated carbocycles. The predicted octanol–water partition coefficient (Wildman–Crippen LogP) is 2.64. The Labute approximate surface area is 108 Å². The van der Waals surface area contributed by atoms with Gasteiger partial charge in [-0.1, -0.05) is 6.58 Å². The van der Waals surface area contributed by atoms with Crippen molar-refractivity contribution in [2.24, 2.45) is 0 Å². The van der Waals surface area contributed by atoms with Crippen LogP contribution in [0.1, 0.15) is 5.56 Å². The molecule has 2 aromatic rings. The predicted molar refractivity (Wildman–Crippen MR) is 69.0 cm³/mol. The minimum absolute atomic E-state index is 0.206. The van der Waals surface area contributed by atoms with Gasteiger partial charge in [-0.15, -0.1) is 0 Å². The molecule has 0 atom stereocenters. The molecule has 0 aliphatic heterocycles. The molecule has 1 heterocycles. The second kappa shape index (κ2) is 5.30. The highest BCUT2D eigenvalue weighted by atomic mass is 19.1. The van der Waals surface area contributed by atoms with Crippen LogP contribution in [0.4, 0.5) is 15.8 Å². The first-order valence-electron chi connectivity index (χ1n) is 5.43. The summed E-state index contributed by atoms with van der Waals surface area (Å²) >= 11 is 0. The van der Waals surface area contributed by atoms with Gasteiger partial charge in [-0.25, -0.2) is 9.07 Å². The molecule has 0 aliphatic carbocycles. The van der Waals surface area contributed by atoms with E-state index in [0.29, 0.717) is 6.54 Å². The van der Waals surface area contributed by atoms with Crippen LogP contribution in [-0.4, -0.2) is 14.7 Å². The Morgan fingerprint density at radius 2 is 2.37 bits per heavy atom. The van der Waals surface area contributed by atoms with Gasteiger partial charge in [0.2, 0.25) is 0 Å². The lowest BCUT2D eigenvalue weighted by molar-refractivity contribution is -0.385. The van der Waals surface area contributed by atoms with E-state index in [4.69, 9.17) is 0 Å². The van der Waals surface area contributed by atoms with Gasteiger partial charge in [0.15, 0.2) is 5.82 Å². The molecule has 7 heteroatoms. The second-order valence-electron chi connectivity index (χ2n) is 3.79. The SMILES string of the molecule is C=Cn1cc(CNc2ccc([N+](=O)[O-])cc2F)cn1. The van der Waals surface area contributed by atoms with E-state index in [1.54, 1.807) is 12.4 Å². The molecule has 0 bridgehead atoms. The Balaban J connectivity index is 2.07. The molecule has 0 amide bonds. The van der Waals surface area contributed by atoms with Gasteiger partial charge in [0.05, 0.1) is 22.9 Å². The van der Waals surface area contributed by atoms with Crippen molar-refractivity contribution in [3.05, 3.63) is 58.7 Å². The topological polar surface area (TPSA) is 73.0 Å². The summed E-state index contributed by atoms with van der Waals surface area (Å²) in [7, 11) is 0. The van der Waals surface area contributed by atoms with Crippen LogP contribution in [0, 0.1) is 15.9 Å². The lowest BCUT2D eigenvalue weighted by Crippen LogP contribution is -2.01. The van der Waals surface area contributed by atoms with Gasteiger partial charge in [0.25, 0.3) is 5.69 Å². The smallest absolute Gasteiger partial charge is 0.272 e. The number of nitrogens with zero attached hydrogens (tertiary/aromatic N) is 3. The van der Waals surface area contributed by atoms with E-state index in [1.807, 2.05) is 0 Å². The number of nitro benzene ring substituents is 1.